The van der Waals surface area contributed by atoms with Gasteiger partial charge in [0.15, 0.2) is 0 Å². The van der Waals surface area contributed by atoms with E-state index in [0.717, 1.165) is 55.0 Å². The van der Waals surface area contributed by atoms with Gasteiger partial charge in [-0.2, -0.15) is 0 Å². The summed E-state index contributed by atoms with van der Waals surface area (Å²) in [6.45, 7) is 6.88. The van der Waals surface area contributed by atoms with Crippen molar-refractivity contribution in [3.05, 3.63) is 70.5 Å². The summed E-state index contributed by atoms with van der Waals surface area (Å²) in [7, 11) is 1.69. The number of likely N-dealkylation sites (tertiary alicyclic amines) is 1. The van der Waals surface area contributed by atoms with Crippen LogP contribution >= 0.6 is 0 Å². The fraction of sp³-hybridized carbons (Fsp3) is 0.464. The minimum atomic E-state index is -0.675. The van der Waals surface area contributed by atoms with Gasteiger partial charge >= 0.3 is 5.97 Å². The second kappa shape index (κ2) is 10.0. The first-order valence-electron chi connectivity index (χ1n) is 12.1. The van der Waals surface area contributed by atoms with E-state index >= 15 is 0 Å². The highest BCUT2D eigenvalue weighted by Gasteiger charge is 2.37. The molecule has 0 amide bonds. The molecule has 2 aliphatic heterocycles. The number of ether oxygens (including phenoxy) is 2. The molecule has 176 valence electrons. The van der Waals surface area contributed by atoms with Crippen LogP contribution in [0.4, 0.5) is 0 Å². The number of carbonyl (C=O) groups is 1. The molecular formula is C28H35NO4. The molecule has 5 nitrogen and oxygen atoms in total. The van der Waals surface area contributed by atoms with Crippen molar-refractivity contribution in [2.75, 3.05) is 26.7 Å². The molecular weight excluding hydrogens is 414 g/mol. The lowest BCUT2D eigenvalue weighted by atomic mass is 9.80. The van der Waals surface area contributed by atoms with Crippen molar-refractivity contribution < 1.29 is 19.4 Å². The Hall–Kier alpha value is -2.79. The normalized spacial score (nSPS) is 18.9. The van der Waals surface area contributed by atoms with Crippen molar-refractivity contribution in [1.29, 1.82) is 0 Å². The Kier molecular flexibility index (Phi) is 7.08. The maximum Gasteiger partial charge on any atom is 0.310 e. The van der Waals surface area contributed by atoms with Crippen LogP contribution in [0.5, 0.6) is 5.75 Å². The molecule has 0 bridgehead atoms. The maximum atomic E-state index is 12.0. The first-order valence-corrected chi connectivity index (χ1v) is 12.1. The zero-order chi connectivity index (χ0) is 23.4. The van der Waals surface area contributed by atoms with Gasteiger partial charge < -0.3 is 19.5 Å². The van der Waals surface area contributed by atoms with E-state index in [1.54, 1.807) is 7.11 Å². The lowest BCUT2D eigenvalue weighted by Crippen LogP contribution is -2.44. The summed E-state index contributed by atoms with van der Waals surface area (Å²) in [5, 5.41) is 9.87. The predicted molar refractivity (Wildman–Crippen MR) is 131 cm³/mol. The average molecular weight is 450 g/mol. The molecule has 0 atom stereocenters. The second-order valence-electron chi connectivity index (χ2n) is 9.17. The summed E-state index contributed by atoms with van der Waals surface area (Å²) >= 11 is 0. The Labute approximate surface area is 197 Å². The minimum Gasteiger partial charge on any atom is -0.497 e. The van der Waals surface area contributed by atoms with Crippen LogP contribution in [0.25, 0.3) is 5.57 Å². The maximum absolute atomic E-state index is 12.0. The molecule has 1 fully saturated rings. The lowest BCUT2D eigenvalue weighted by molar-refractivity contribution is -0.150. The van der Waals surface area contributed by atoms with Gasteiger partial charge in [0.1, 0.15) is 18.1 Å². The van der Waals surface area contributed by atoms with Gasteiger partial charge in [-0.25, -0.2) is 0 Å². The summed E-state index contributed by atoms with van der Waals surface area (Å²) in [4.78, 5) is 14.3. The number of carboxylic acid groups (broad SMARTS) is 1. The summed E-state index contributed by atoms with van der Waals surface area (Å²) < 4.78 is 11.7. The highest BCUT2D eigenvalue weighted by Crippen LogP contribution is 2.42. The molecule has 5 heteroatoms. The number of allylic oxidation sites excluding steroid dienone is 5. The first kappa shape index (κ1) is 23.4. The van der Waals surface area contributed by atoms with Crippen LogP contribution < -0.4 is 4.74 Å². The molecule has 0 radical (unpaired) electrons. The Morgan fingerprint density at radius 2 is 1.97 bits per heavy atom. The zero-order valence-electron chi connectivity index (χ0n) is 20.0. The van der Waals surface area contributed by atoms with E-state index in [2.05, 4.69) is 41.3 Å². The van der Waals surface area contributed by atoms with Crippen LogP contribution in [0, 0.1) is 5.41 Å². The van der Waals surface area contributed by atoms with Gasteiger partial charge in [-0.05, 0) is 61.4 Å². The lowest BCUT2D eigenvalue weighted by Gasteiger charge is -2.37. The van der Waals surface area contributed by atoms with Gasteiger partial charge in [-0.15, -0.1) is 0 Å². The highest BCUT2D eigenvalue weighted by atomic mass is 16.5. The average Bonchev–Trinajstić information content (AvgIpc) is 3.15. The summed E-state index contributed by atoms with van der Waals surface area (Å²) in [6.07, 6.45) is 12.6. The van der Waals surface area contributed by atoms with Crippen molar-refractivity contribution in [2.24, 2.45) is 5.41 Å². The third-order valence-electron chi connectivity index (χ3n) is 7.48. The molecule has 1 aliphatic carbocycles. The molecule has 0 unspecified atom stereocenters. The first-order chi connectivity index (χ1) is 16.0. The standard InChI is InChI=1S/C28H35NO4/c1-4-28(5-2,27(30)31)19-29-15-13-20(14-16-29)26-23-12-11-22(32-3)17-21(23)18-33-25-10-8-6-7-9-24(25)26/h6-7,9-12,17H,4-5,8,13-16,18-19H2,1-3H3,(H,30,31). The number of hydrogen-bond donors (Lipinski definition) is 1. The van der Waals surface area contributed by atoms with Gasteiger partial charge in [-0.3, -0.25) is 4.79 Å². The molecule has 0 spiro atoms. The number of piperidine rings is 1. The number of rotatable bonds is 6. The molecule has 1 aromatic rings. The number of carboxylic acids is 1. The fourth-order valence-electron chi connectivity index (χ4n) is 5.20. The molecule has 3 aliphatic rings. The molecule has 0 aromatic heterocycles. The van der Waals surface area contributed by atoms with E-state index in [-0.39, 0.29) is 0 Å². The Bertz CT molecular complexity index is 1020. The number of fused-ring (bicyclic) bond motifs is 2. The Balaban J connectivity index is 1.68. The zero-order valence-corrected chi connectivity index (χ0v) is 20.0. The van der Waals surface area contributed by atoms with E-state index in [0.29, 0.717) is 26.0 Å². The van der Waals surface area contributed by atoms with Gasteiger partial charge in [0.25, 0.3) is 0 Å². The quantitative estimate of drug-likeness (QED) is 0.600. The second-order valence-corrected chi connectivity index (χ2v) is 9.17. The van der Waals surface area contributed by atoms with E-state index in [1.807, 2.05) is 19.9 Å². The van der Waals surface area contributed by atoms with Crippen LogP contribution in [-0.2, 0) is 16.1 Å². The summed E-state index contributed by atoms with van der Waals surface area (Å²) in [5.74, 6) is 1.11. The van der Waals surface area contributed by atoms with E-state index < -0.39 is 11.4 Å². The molecule has 1 N–H and O–H groups in total. The van der Waals surface area contributed by atoms with Crippen LogP contribution in [0.15, 0.2) is 59.4 Å². The predicted octanol–water partition coefficient (Wildman–Crippen LogP) is 5.74. The topological polar surface area (TPSA) is 59.0 Å². The summed E-state index contributed by atoms with van der Waals surface area (Å²) in [6, 6.07) is 6.27. The monoisotopic (exact) mass is 449 g/mol. The number of hydrogen-bond acceptors (Lipinski definition) is 4. The van der Waals surface area contributed by atoms with Gasteiger partial charge in [0, 0.05) is 30.8 Å². The SMILES string of the molecule is CCC(CC)(CN1CCC(=C2C3=CC=CCC=C3OCc3cc(OC)ccc32)CC1)C(=O)O. The highest BCUT2D eigenvalue weighted by molar-refractivity contribution is 5.88. The molecule has 33 heavy (non-hydrogen) atoms. The molecule has 4 rings (SSSR count). The molecule has 0 saturated carbocycles. The van der Waals surface area contributed by atoms with E-state index in [1.165, 1.54) is 16.7 Å². The molecule has 2 heterocycles. The number of benzene rings is 1. The number of aliphatic carboxylic acids is 1. The number of nitrogens with zero attached hydrogens (tertiary/aromatic N) is 1. The smallest absolute Gasteiger partial charge is 0.310 e. The number of methoxy groups -OCH3 is 1. The van der Waals surface area contributed by atoms with Crippen LogP contribution in [-0.4, -0.2) is 42.7 Å². The van der Waals surface area contributed by atoms with Gasteiger partial charge in [0.2, 0.25) is 0 Å². The molecule has 1 saturated heterocycles. The van der Waals surface area contributed by atoms with Crippen molar-refractivity contribution >= 4 is 11.5 Å². The minimum absolute atomic E-state index is 0.521. The van der Waals surface area contributed by atoms with Crippen LogP contribution in [0.1, 0.15) is 57.1 Å². The third-order valence-corrected chi connectivity index (χ3v) is 7.48. The van der Waals surface area contributed by atoms with E-state index in [4.69, 9.17) is 9.47 Å². The largest absolute Gasteiger partial charge is 0.497 e. The fourth-order valence-corrected chi connectivity index (χ4v) is 5.20. The van der Waals surface area contributed by atoms with Gasteiger partial charge in [0.05, 0.1) is 12.5 Å². The summed E-state index contributed by atoms with van der Waals surface area (Å²) in [5.41, 5.74) is 5.54. The molecule has 1 aromatic carbocycles. The Morgan fingerprint density at radius 1 is 1.21 bits per heavy atom. The van der Waals surface area contributed by atoms with Crippen molar-refractivity contribution in [3.63, 3.8) is 0 Å². The van der Waals surface area contributed by atoms with Crippen molar-refractivity contribution in [2.45, 2.75) is 52.6 Å². The van der Waals surface area contributed by atoms with Crippen LogP contribution in [0.2, 0.25) is 0 Å². The van der Waals surface area contributed by atoms with Crippen molar-refractivity contribution in [3.8, 4) is 5.75 Å². The Morgan fingerprint density at radius 3 is 2.64 bits per heavy atom. The van der Waals surface area contributed by atoms with Crippen LogP contribution in [0.3, 0.4) is 0 Å². The third kappa shape index (κ3) is 4.65. The van der Waals surface area contributed by atoms with Gasteiger partial charge in [-0.1, -0.05) is 43.7 Å². The van der Waals surface area contributed by atoms with Crippen molar-refractivity contribution in [1.82, 2.24) is 4.90 Å². The van der Waals surface area contributed by atoms with E-state index in [9.17, 15) is 9.90 Å².